The lowest BCUT2D eigenvalue weighted by atomic mass is 9.83. The number of benzene rings is 1. The third-order valence-electron chi connectivity index (χ3n) is 3.22. The molecule has 3 heteroatoms. The summed E-state index contributed by atoms with van der Waals surface area (Å²) in [5.74, 6) is 0.484. The molecule has 0 spiro atoms. The number of halogens is 1. The average Bonchev–Trinajstić information content (AvgIpc) is 2.29. The van der Waals surface area contributed by atoms with Crippen molar-refractivity contribution in [1.82, 2.24) is 4.90 Å². The van der Waals surface area contributed by atoms with E-state index in [0.29, 0.717) is 5.92 Å². The summed E-state index contributed by atoms with van der Waals surface area (Å²) >= 11 is 3.42. The minimum absolute atomic E-state index is 0.0286. The fourth-order valence-corrected chi connectivity index (χ4v) is 2.38. The largest absolute Gasteiger partial charge is 0.335 e. The van der Waals surface area contributed by atoms with Crippen LogP contribution in [0.25, 0.3) is 0 Å². The van der Waals surface area contributed by atoms with Crippen LogP contribution < -0.4 is 0 Å². The fourth-order valence-electron chi connectivity index (χ4n) is 2.11. The highest BCUT2D eigenvalue weighted by molar-refractivity contribution is 9.10. The highest BCUT2D eigenvalue weighted by atomic mass is 79.9. The zero-order chi connectivity index (χ0) is 11.7. The Balaban J connectivity index is 2.08. The van der Waals surface area contributed by atoms with Gasteiger partial charge in [0.25, 0.3) is 0 Å². The maximum absolute atomic E-state index is 11.4. The van der Waals surface area contributed by atoms with Crippen LogP contribution in [0, 0.1) is 0 Å². The molecule has 0 aliphatic carbocycles. The van der Waals surface area contributed by atoms with Crippen LogP contribution >= 0.6 is 15.9 Å². The normalized spacial score (nSPS) is 23.8. The first-order valence-corrected chi connectivity index (χ1v) is 6.11. The van der Waals surface area contributed by atoms with E-state index >= 15 is 0 Å². The molecule has 1 heterocycles. The van der Waals surface area contributed by atoms with E-state index in [1.54, 1.807) is 0 Å². The molecule has 1 aromatic rings. The van der Waals surface area contributed by atoms with Crippen LogP contribution in [0.4, 0.5) is 0 Å². The van der Waals surface area contributed by atoms with Crippen molar-refractivity contribution < 1.29 is 4.79 Å². The van der Waals surface area contributed by atoms with E-state index in [2.05, 4.69) is 41.6 Å². The summed E-state index contributed by atoms with van der Waals surface area (Å²) < 4.78 is 1.09. The van der Waals surface area contributed by atoms with E-state index in [0.717, 1.165) is 11.0 Å². The topological polar surface area (TPSA) is 20.3 Å². The zero-order valence-corrected chi connectivity index (χ0v) is 10.8. The van der Waals surface area contributed by atoms with Crippen LogP contribution in [-0.2, 0) is 4.79 Å². The molecule has 0 bridgehead atoms. The van der Waals surface area contributed by atoms with Gasteiger partial charge in [-0.05, 0) is 30.7 Å². The summed E-state index contributed by atoms with van der Waals surface area (Å²) in [5, 5.41) is 0. The molecule has 0 N–H and O–H groups in total. The first kappa shape index (κ1) is 11.4. The van der Waals surface area contributed by atoms with Gasteiger partial charge >= 0.3 is 0 Å². The lowest BCUT2D eigenvalue weighted by Crippen LogP contribution is -2.55. The quantitative estimate of drug-likeness (QED) is 0.763. The van der Waals surface area contributed by atoms with E-state index in [9.17, 15) is 4.79 Å². The molecule has 0 radical (unpaired) electrons. The Hall–Kier alpha value is -1.09. The molecule has 2 unspecified atom stereocenters. The van der Waals surface area contributed by atoms with E-state index in [-0.39, 0.29) is 11.9 Å². The van der Waals surface area contributed by atoms with Crippen molar-refractivity contribution in [2.45, 2.75) is 18.9 Å². The number of carbonyl (C=O) groups is 1. The molecule has 2 rings (SSSR count). The third kappa shape index (κ3) is 1.92. The number of likely N-dealkylation sites (tertiary alicyclic amines) is 1. The van der Waals surface area contributed by atoms with Gasteiger partial charge in [0.2, 0.25) is 5.91 Å². The first-order chi connectivity index (χ1) is 7.63. The third-order valence-corrected chi connectivity index (χ3v) is 3.75. The van der Waals surface area contributed by atoms with Crippen molar-refractivity contribution in [3.8, 4) is 0 Å². The number of rotatable bonds is 2. The van der Waals surface area contributed by atoms with Crippen molar-refractivity contribution in [3.05, 3.63) is 47.0 Å². The highest BCUT2D eigenvalue weighted by Crippen LogP contribution is 2.34. The second-order valence-corrected chi connectivity index (χ2v) is 5.01. The van der Waals surface area contributed by atoms with Gasteiger partial charge in [0.05, 0.1) is 0 Å². The Morgan fingerprint density at radius 3 is 2.62 bits per heavy atom. The van der Waals surface area contributed by atoms with Gasteiger partial charge in [0.1, 0.15) is 0 Å². The standard InChI is InChI=1S/C13H14BrNO/c1-3-13(16)15-8-12(9(15)2)10-4-6-11(14)7-5-10/h3-7,9,12H,1,8H2,2H3. The summed E-state index contributed by atoms with van der Waals surface area (Å²) in [6.07, 6.45) is 1.38. The minimum atomic E-state index is 0.0286. The molecule has 2 atom stereocenters. The van der Waals surface area contributed by atoms with Crippen LogP contribution in [0.1, 0.15) is 18.4 Å². The molecule has 2 nitrogen and oxygen atoms in total. The molecule has 0 saturated carbocycles. The van der Waals surface area contributed by atoms with Crippen LogP contribution in [0.5, 0.6) is 0 Å². The van der Waals surface area contributed by atoms with Gasteiger partial charge in [-0.3, -0.25) is 4.79 Å². The van der Waals surface area contributed by atoms with Crippen molar-refractivity contribution in [2.24, 2.45) is 0 Å². The Morgan fingerprint density at radius 2 is 2.12 bits per heavy atom. The Morgan fingerprint density at radius 1 is 1.50 bits per heavy atom. The maximum atomic E-state index is 11.4. The lowest BCUT2D eigenvalue weighted by molar-refractivity contribution is -0.134. The molecule has 1 saturated heterocycles. The SMILES string of the molecule is C=CC(=O)N1CC(c2ccc(Br)cc2)C1C. The molecule has 1 amide bonds. The average molecular weight is 280 g/mol. The molecular weight excluding hydrogens is 266 g/mol. The van der Waals surface area contributed by atoms with Crippen molar-refractivity contribution >= 4 is 21.8 Å². The van der Waals surface area contributed by atoms with Gasteiger partial charge in [0, 0.05) is 23.0 Å². The van der Waals surface area contributed by atoms with Gasteiger partial charge in [0.15, 0.2) is 0 Å². The summed E-state index contributed by atoms with van der Waals surface area (Å²) in [5.41, 5.74) is 1.30. The smallest absolute Gasteiger partial charge is 0.246 e. The summed E-state index contributed by atoms with van der Waals surface area (Å²) in [7, 11) is 0. The monoisotopic (exact) mass is 279 g/mol. The Bertz CT molecular complexity index is 412. The predicted molar refractivity (Wildman–Crippen MR) is 68.3 cm³/mol. The number of hydrogen-bond acceptors (Lipinski definition) is 1. The number of nitrogens with zero attached hydrogens (tertiary/aromatic N) is 1. The van der Waals surface area contributed by atoms with E-state index < -0.39 is 0 Å². The van der Waals surface area contributed by atoms with Gasteiger partial charge in [-0.1, -0.05) is 34.6 Å². The van der Waals surface area contributed by atoms with Crippen LogP contribution in [0.3, 0.4) is 0 Å². The van der Waals surface area contributed by atoms with Crippen LogP contribution in [0.15, 0.2) is 41.4 Å². The van der Waals surface area contributed by atoms with Crippen molar-refractivity contribution in [2.75, 3.05) is 6.54 Å². The summed E-state index contributed by atoms with van der Waals surface area (Å²) in [6.45, 7) is 6.39. The molecule has 1 aromatic carbocycles. The minimum Gasteiger partial charge on any atom is -0.335 e. The van der Waals surface area contributed by atoms with E-state index in [1.165, 1.54) is 11.6 Å². The van der Waals surface area contributed by atoms with Gasteiger partial charge in [-0.25, -0.2) is 0 Å². The first-order valence-electron chi connectivity index (χ1n) is 5.32. The second-order valence-electron chi connectivity index (χ2n) is 4.09. The molecule has 1 aliphatic heterocycles. The van der Waals surface area contributed by atoms with Gasteiger partial charge in [-0.15, -0.1) is 0 Å². The molecule has 1 fully saturated rings. The predicted octanol–water partition coefficient (Wildman–Crippen LogP) is 2.95. The van der Waals surface area contributed by atoms with Crippen molar-refractivity contribution in [3.63, 3.8) is 0 Å². The Kier molecular flexibility index (Phi) is 3.15. The summed E-state index contributed by atoms with van der Waals surface area (Å²) in [6, 6.07) is 8.58. The van der Waals surface area contributed by atoms with Gasteiger partial charge in [-0.2, -0.15) is 0 Å². The van der Waals surface area contributed by atoms with Crippen LogP contribution in [0.2, 0.25) is 0 Å². The summed E-state index contributed by atoms with van der Waals surface area (Å²) in [4.78, 5) is 13.3. The Labute approximate surface area is 104 Å². The van der Waals surface area contributed by atoms with Gasteiger partial charge < -0.3 is 4.90 Å². The maximum Gasteiger partial charge on any atom is 0.246 e. The number of amides is 1. The zero-order valence-electron chi connectivity index (χ0n) is 9.19. The fraction of sp³-hybridized carbons (Fsp3) is 0.308. The molecular formula is C13H14BrNO. The highest BCUT2D eigenvalue weighted by Gasteiger charge is 2.38. The van der Waals surface area contributed by atoms with Crippen molar-refractivity contribution in [1.29, 1.82) is 0 Å². The lowest BCUT2D eigenvalue weighted by Gasteiger charge is -2.46. The number of carbonyl (C=O) groups excluding carboxylic acids is 1. The van der Waals surface area contributed by atoms with E-state index in [1.807, 2.05) is 17.0 Å². The molecule has 0 aromatic heterocycles. The molecule has 16 heavy (non-hydrogen) atoms. The number of hydrogen-bond donors (Lipinski definition) is 0. The molecule has 1 aliphatic rings. The second kappa shape index (κ2) is 4.42. The van der Waals surface area contributed by atoms with E-state index in [4.69, 9.17) is 0 Å². The van der Waals surface area contributed by atoms with Crippen LogP contribution in [-0.4, -0.2) is 23.4 Å². The molecule has 84 valence electrons.